The van der Waals surface area contributed by atoms with Gasteiger partial charge in [-0.3, -0.25) is 14.6 Å². The normalized spacial score (nSPS) is 13.7. The van der Waals surface area contributed by atoms with Gasteiger partial charge < -0.3 is 9.64 Å². The quantitative estimate of drug-likeness (QED) is 0.729. The molecule has 1 aliphatic rings. The van der Waals surface area contributed by atoms with Crippen LogP contribution in [0.15, 0.2) is 18.3 Å². The van der Waals surface area contributed by atoms with E-state index in [1.165, 1.54) is 0 Å². The molecule has 2 heterocycles. The summed E-state index contributed by atoms with van der Waals surface area (Å²) in [5.41, 5.74) is 1.41. The number of hydrogen-bond donors (Lipinski definition) is 0. The maximum absolute atomic E-state index is 11.9. The maximum atomic E-state index is 11.9. The summed E-state index contributed by atoms with van der Waals surface area (Å²) in [6.45, 7) is 3.00. The van der Waals surface area contributed by atoms with E-state index in [2.05, 4.69) is 4.98 Å². The number of pyridine rings is 1. The standard InChI is InChI=1S/C12H14N2O3/c1-2-17-11(15)5-7-14-8-10-9(12(14)16)4-3-6-13-10/h3-4,6H,2,5,7-8H2,1H3. The number of carbonyl (C=O) groups excluding carboxylic acids is 2. The largest absolute Gasteiger partial charge is 0.466 e. The molecule has 1 aromatic heterocycles. The number of hydrogen-bond acceptors (Lipinski definition) is 4. The van der Waals surface area contributed by atoms with Gasteiger partial charge in [-0.25, -0.2) is 0 Å². The SMILES string of the molecule is CCOC(=O)CCN1Cc2ncccc2C1=O. The van der Waals surface area contributed by atoms with Crippen molar-refractivity contribution in [1.82, 2.24) is 9.88 Å². The van der Waals surface area contributed by atoms with Crippen molar-refractivity contribution < 1.29 is 14.3 Å². The van der Waals surface area contributed by atoms with Crippen LogP contribution in [0.3, 0.4) is 0 Å². The Bertz CT molecular complexity index is 445. The van der Waals surface area contributed by atoms with Crippen LogP contribution in [0.25, 0.3) is 0 Å². The number of carbonyl (C=O) groups is 2. The molecule has 0 fully saturated rings. The Kier molecular flexibility index (Phi) is 3.37. The molecule has 0 aliphatic carbocycles. The lowest BCUT2D eigenvalue weighted by Gasteiger charge is -2.14. The van der Waals surface area contributed by atoms with Crippen LogP contribution in [-0.2, 0) is 16.1 Å². The summed E-state index contributed by atoms with van der Waals surface area (Å²) in [5, 5.41) is 0. The maximum Gasteiger partial charge on any atom is 0.307 e. The van der Waals surface area contributed by atoms with E-state index >= 15 is 0 Å². The van der Waals surface area contributed by atoms with E-state index in [0.717, 1.165) is 5.69 Å². The Morgan fingerprint density at radius 2 is 2.41 bits per heavy atom. The average molecular weight is 234 g/mol. The highest BCUT2D eigenvalue weighted by molar-refractivity contribution is 5.97. The van der Waals surface area contributed by atoms with Crippen molar-refractivity contribution in [3.8, 4) is 0 Å². The fourth-order valence-corrected chi connectivity index (χ4v) is 1.82. The van der Waals surface area contributed by atoms with Gasteiger partial charge in [-0.1, -0.05) is 0 Å². The van der Waals surface area contributed by atoms with Crippen LogP contribution in [0.4, 0.5) is 0 Å². The molecule has 0 radical (unpaired) electrons. The molecule has 0 unspecified atom stereocenters. The highest BCUT2D eigenvalue weighted by atomic mass is 16.5. The molecular formula is C12H14N2O3. The lowest BCUT2D eigenvalue weighted by atomic mass is 10.2. The number of esters is 1. The monoisotopic (exact) mass is 234 g/mol. The number of amides is 1. The molecule has 0 aromatic carbocycles. The van der Waals surface area contributed by atoms with Crippen molar-refractivity contribution in [1.29, 1.82) is 0 Å². The summed E-state index contributed by atoms with van der Waals surface area (Å²) in [4.78, 5) is 28.9. The first-order valence-corrected chi connectivity index (χ1v) is 5.61. The highest BCUT2D eigenvalue weighted by Crippen LogP contribution is 2.20. The first kappa shape index (κ1) is 11.6. The fraction of sp³-hybridized carbons (Fsp3) is 0.417. The van der Waals surface area contributed by atoms with Gasteiger partial charge in [-0.15, -0.1) is 0 Å². The molecule has 5 nitrogen and oxygen atoms in total. The third kappa shape index (κ3) is 2.43. The van der Waals surface area contributed by atoms with Crippen LogP contribution in [0, 0.1) is 0 Å². The average Bonchev–Trinajstić information content (AvgIpc) is 2.65. The molecule has 1 aliphatic heterocycles. The van der Waals surface area contributed by atoms with Crippen molar-refractivity contribution in [2.45, 2.75) is 19.9 Å². The van der Waals surface area contributed by atoms with Gasteiger partial charge in [-0.2, -0.15) is 0 Å². The minimum atomic E-state index is -0.274. The second-order valence-electron chi connectivity index (χ2n) is 3.78. The summed E-state index contributed by atoms with van der Waals surface area (Å²) < 4.78 is 4.82. The lowest BCUT2D eigenvalue weighted by Crippen LogP contribution is -2.27. The Morgan fingerprint density at radius 1 is 1.59 bits per heavy atom. The minimum absolute atomic E-state index is 0.0580. The predicted molar refractivity (Wildman–Crippen MR) is 60.2 cm³/mol. The summed E-state index contributed by atoms with van der Waals surface area (Å²) in [6.07, 6.45) is 1.90. The summed E-state index contributed by atoms with van der Waals surface area (Å²) in [7, 11) is 0. The fourth-order valence-electron chi connectivity index (χ4n) is 1.82. The van der Waals surface area contributed by atoms with Gasteiger partial charge in [0.1, 0.15) is 0 Å². The molecule has 1 aromatic rings. The number of rotatable bonds is 4. The third-order valence-electron chi connectivity index (χ3n) is 2.64. The van der Waals surface area contributed by atoms with Gasteiger partial charge in [0.05, 0.1) is 30.8 Å². The Labute approximate surface area is 99.4 Å². The molecule has 0 atom stereocenters. The number of nitrogens with zero attached hydrogens (tertiary/aromatic N) is 2. The van der Waals surface area contributed by atoms with E-state index < -0.39 is 0 Å². The van der Waals surface area contributed by atoms with Crippen LogP contribution < -0.4 is 0 Å². The number of ether oxygens (including phenoxy) is 1. The Hall–Kier alpha value is -1.91. The van der Waals surface area contributed by atoms with E-state index in [1.54, 1.807) is 30.2 Å². The topological polar surface area (TPSA) is 59.5 Å². The van der Waals surface area contributed by atoms with Gasteiger partial charge in [-0.05, 0) is 19.1 Å². The number of aromatic nitrogens is 1. The molecule has 0 saturated heterocycles. The molecular weight excluding hydrogens is 220 g/mol. The van der Waals surface area contributed by atoms with E-state index in [4.69, 9.17) is 4.74 Å². The van der Waals surface area contributed by atoms with Crippen LogP contribution in [0.5, 0.6) is 0 Å². The van der Waals surface area contributed by atoms with Crippen LogP contribution in [-0.4, -0.2) is 34.9 Å². The zero-order valence-electron chi connectivity index (χ0n) is 9.68. The summed E-state index contributed by atoms with van der Waals surface area (Å²) >= 11 is 0. The molecule has 0 N–H and O–H groups in total. The zero-order valence-corrected chi connectivity index (χ0v) is 9.68. The van der Waals surface area contributed by atoms with Crippen molar-refractivity contribution in [3.63, 3.8) is 0 Å². The molecule has 5 heteroatoms. The first-order valence-electron chi connectivity index (χ1n) is 5.61. The van der Waals surface area contributed by atoms with Crippen molar-refractivity contribution in [3.05, 3.63) is 29.6 Å². The zero-order chi connectivity index (χ0) is 12.3. The van der Waals surface area contributed by atoms with Crippen LogP contribution in [0.1, 0.15) is 29.4 Å². The molecule has 0 bridgehead atoms. The van der Waals surface area contributed by atoms with Crippen molar-refractivity contribution in [2.24, 2.45) is 0 Å². The van der Waals surface area contributed by atoms with E-state index in [-0.39, 0.29) is 18.3 Å². The van der Waals surface area contributed by atoms with Crippen LogP contribution >= 0.6 is 0 Å². The predicted octanol–water partition coefficient (Wildman–Crippen LogP) is 0.991. The molecule has 17 heavy (non-hydrogen) atoms. The van der Waals surface area contributed by atoms with Crippen LogP contribution in [0.2, 0.25) is 0 Å². The van der Waals surface area contributed by atoms with Gasteiger partial charge in [0.25, 0.3) is 5.91 Å². The Balaban J connectivity index is 1.94. The number of fused-ring (bicyclic) bond motifs is 1. The third-order valence-corrected chi connectivity index (χ3v) is 2.64. The molecule has 0 saturated carbocycles. The van der Waals surface area contributed by atoms with Crippen molar-refractivity contribution >= 4 is 11.9 Å². The summed E-state index contributed by atoms with van der Waals surface area (Å²) in [5.74, 6) is -0.332. The van der Waals surface area contributed by atoms with Gasteiger partial charge >= 0.3 is 5.97 Å². The molecule has 0 spiro atoms. The molecule has 2 rings (SSSR count). The second-order valence-corrected chi connectivity index (χ2v) is 3.78. The van der Waals surface area contributed by atoms with E-state index in [0.29, 0.717) is 25.3 Å². The van der Waals surface area contributed by atoms with E-state index in [9.17, 15) is 9.59 Å². The summed E-state index contributed by atoms with van der Waals surface area (Å²) in [6, 6.07) is 3.50. The van der Waals surface area contributed by atoms with Gasteiger partial charge in [0, 0.05) is 12.7 Å². The van der Waals surface area contributed by atoms with Gasteiger partial charge in [0.2, 0.25) is 0 Å². The van der Waals surface area contributed by atoms with E-state index in [1.807, 2.05) is 0 Å². The minimum Gasteiger partial charge on any atom is -0.466 e. The van der Waals surface area contributed by atoms with Gasteiger partial charge in [0.15, 0.2) is 0 Å². The first-order chi connectivity index (χ1) is 8.22. The molecule has 1 amide bonds. The molecule has 90 valence electrons. The van der Waals surface area contributed by atoms with Crippen molar-refractivity contribution in [2.75, 3.05) is 13.2 Å². The lowest BCUT2D eigenvalue weighted by molar-refractivity contribution is -0.143. The second kappa shape index (κ2) is 4.95. The highest BCUT2D eigenvalue weighted by Gasteiger charge is 2.28. The smallest absolute Gasteiger partial charge is 0.307 e. The Morgan fingerprint density at radius 3 is 3.12 bits per heavy atom.